The molecule has 0 atom stereocenters. The first-order valence-electron chi connectivity index (χ1n) is 9.56. The van der Waals surface area contributed by atoms with Gasteiger partial charge in [-0.1, -0.05) is 19.6 Å². The number of hydrogen-bond acceptors (Lipinski definition) is 7. The first kappa shape index (κ1) is 22.0. The summed E-state index contributed by atoms with van der Waals surface area (Å²) in [5, 5.41) is 3.30. The third-order valence-electron chi connectivity index (χ3n) is 4.22. The van der Waals surface area contributed by atoms with Crippen LogP contribution >= 0.6 is 11.3 Å². The van der Waals surface area contributed by atoms with Gasteiger partial charge in [-0.15, -0.1) is 11.3 Å². The average Bonchev–Trinajstić information content (AvgIpc) is 3.30. The number of ether oxygens (including phenoxy) is 1. The van der Waals surface area contributed by atoms with E-state index in [-0.39, 0.29) is 5.91 Å². The van der Waals surface area contributed by atoms with E-state index in [2.05, 4.69) is 39.9 Å². The number of aldehydes is 1. The van der Waals surface area contributed by atoms with E-state index in [1.807, 2.05) is 10.8 Å². The third kappa shape index (κ3) is 5.68. The van der Waals surface area contributed by atoms with E-state index in [0.717, 1.165) is 17.9 Å². The SMILES string of the molecule is CC(=O)Nc1cc(-c2nc(C=O)c(-c3nccn3COCC[Si](C)(C)C)s2)ccn1. The van der Waals surface area contributed by atoms with Crippen molar-refractivity contribution in [3.8, 4) is 21.3 Å². The van der Waals surface area contributed by atoms with Gasteiger partial charge in [0.05, 0.1) is 0 Å². The average molecular weight is 444 g/mol. The lowest BCUT2D eigenvalue weighted by molar-refractivity contribution is -0.114. The van der Waals surface area contributed by atoms with Crippen molar-refractivity contribution >= 4 is 37.4 Å². The number of nitrogens with one attached hydrogen (secondary N) is 1. The van der Waals surface area contributed by atoms with E-state index in [1.165, 1.54) is 18.3 Å². The fourth-order valence-corrected chi connectivity index (χ4v) is 4.47. The second-order valence-corrected chi connectivity index (χ2v) is 14.7. The number of thiazole rings is 1. The Morgan fingerprint density at radius 1 is 1.30 bits per heavy atom. The minimum atomic E-state index is -1.16. The monoisotopic (exact) mass is 443 g/mol. The van der Waals surface area contributed by atoms with Crippen molar-refractivity contribution in [1.82, 2.24) is 19.5 Å². The molecule has 0 aromatic carbocycles. The number of pyridine rings is 1. The second kappa shape index (κ2) is 9.41. The van der Waals surface area contributed by atoms with Crippen LogP contribution < -0.4 is 5.32 Å². The Labute approximate surface area is 180 Å². The van der Waals surface area contributed by atoms with E-state index in [1.54, 1.807) is 24.5 Å². The largest absolute Gasteiger partial charge is 0.361 e. The van der Waals surface area contributed by atoms with Crippen molar-refractivity contribution in [3.63, 3.8) is 0 Å². The number of hydrogen-bond donors (Lipinski definition) is 1. The van der Waals surface area contributed by atoms with Crippen LogP contribution in [0.5, 0.6) is 0 Å². The standard InChI is InChI=1S/C20H25N5O3SSi/c1-14(27)23-17-11-15(5-6-21-17)20-24-16(12-26)18(29-20)19-22-7-8-25(19)13-28-9-10-30(2,3)4/h5-8,11-12H,9-10,13H2,1-4H3,(H,21,23,27). The number of nitrogens with zero attached hydrogens (tertiary/aromatic N) is 4. The Balaban J connectivity index is 1.83. The van der Waals surface area contributed by atoms with Crippen molar-refractivity contribution in [2.75, 3.05) is 11.9 Å². The first-order chi connectivity index (χ1) is 14.3. The molecule has 0 aliphatic carbocycles. The number of carbonyl (C=O) groups is 2. The lowest BCUT2D eigenvalue weighted by Gasteiger charge is -2.15. The molecular formula is C20H25N5O3SSi. The van der Waals surface area contributed by atoms with Gasteiger partial charge in [0.1, 0.15) is 28.1 Å². The minimum Gasteiger partial charge on any atom is -0.361 e. The van der Waals surface area contributed by atoms with E-state index >= 15 is 0 Å². The summed E-state index contributed by atoms with van der Waals surface area (Å²) in [6.07, 6.45) is 5.84. The zero-order valence-corrected chi connectivity index (χ0v) is 19.3. The molecule has 0 aliphatic heterocycles. The summed E-state index contributed by atoms with van der Waals surface area (Å²) >= 11 is 1.37. The lowest BCUT2D eigenvalue weighted by Crippen LogP contribution is -2.22. The Morgan fingerprint density at radius 3 is 2.80 bits per heavy atom. The number of anilines is 1. The summed E-state index contributed by atoms with van der Waals surface area (Å²) in [5.74, 6) is 0.871. The molecule has 3 heterocycles. The fourth-order valence-electron chi connectivity index (χ4n) is 2.67. The van der Waals surface area contributed by atoms with Crippen LogP contribution in [0.2, 0.25) is 25.7 Å². The van der Waals surface area contributed by atoms with Crippen LogP contribution in [0.15, 0.2) is 30.7 Å². The highest BCUT2D eigenvalue weighted by atomic mass is 32.1. The Hall–Kier alpha value is -2.69. The van der Waals surface area contributed by atoms with Crippen molar-refractivity contribution in [2.45, 2.75) is 39.3 Å². The van der Waals surface area contributed by atoms with Crippen LogP contribution in [0.3, 0.4) is 0 Å². The highest BCUT2D eigenvalue weighted by Crippen LogP contribution is 2.34. The van der Waals surface area contributed by atoms with Crippen LogP contribution in [0.4, 0.5) is 5.82 Å². The molecule has 0 fully saturated rings. The zero-order valence-electron chi connectivity index (χ0n) is 17.5. The van der Waals surface area contributed by atoms with Crippen LogP contribution in [-0.2, 0) is 16.3 Å². The van der Waals surface area contributed by atoms with Gasteiger partial charge in [-0.05, 0) is 18.2 Å². The Kier molecular flexibility index (Phi) is 6.90. The smallest absolute Gasteiger partial charge is 0.222 e. The molecule has 158 valence electrons. The van der Waals surface area contributed by atoms with Crippen LogP contribution in [-0.4, -0.2) is 46.4 Å². The highest BCUT2D eigenvalue weighted by molar-refractivity contribution is 7.18. The van der Waals surface area contributed by atoms with Crippen LogP contribution in [0.25, 0.3) is 21.3 Å². The fraction of sp³-hybridized carbons (Fsp3) is 0.350. The zero-order chi connectivity index (χ0) is 21.7. The Morgan fingerprint density at radius 2 is 2.10 bits per heavy atom. The predicted octanol–water partition coefficient (Wildman–Crippen LogP) is 4.15. The molecule has 1 N–H and O–H groups in total. The van der Waals surface area contributed by atoms with Gasteiger partial charge in [-0.2, -0.15) is 0 Å². The second-order valence-electron chi connectivity index (χ2n) is 8.03. The molecule has 0 radical (unpaired) electrons. The molecular weight excluding hydrogens is 418 g/mol. The third-order valence-corrected chi connectivity index (χ3v) is 7.04. The molecule has 10 heteroatoms. The van der Waals surface area contributed by atoms with Gasteiger partial charge in [0.25, 0.3) is 0 Å². The van der Waals surface area contributed by atoms with E-state index < -0.39 is 8.07 Å². The van der Waals surface area contributed by atoms with Gasteiger partial charge in [-0.25, -0.2) is 15.0 Å². The molecule has 0 bridgehead atoms. The van der Waals surface area contributed by atoms with Crippen molar-refractivity contribution < 1.29 is 14.3 Å². The number of carbonyl (C=O) groups excluding carboxylic acids is 2. The maximum atomic E-state index is 11.7. The van der Waals surface area contributed by atoms with Crippen LogP contribution in [0.1, 0.15) is 17.4 Å². The van der Waals surface area contributed by atoms with Crippen molar-refractivity contribution in [1.29, 1.82) is 0 Å². The van der Waals surface area contributed by atoms with Gasteiger partial charge < -0.3 is 14.6 Å². The maximum absolute atomic E-state index is 11.7. The molecule has 0 unspecified atom stereocenters. The number of imidazole rings is 1. The molecule has 0 saturated heterocycles. The number of rotatable bonds is 9. The number of aromatic nitrogens is 4. The van der Waals surface area contributed by atoms with Gasteiger partial charge in [-0.3, -0.25) is 9.59 Å². The molecule has 8 nitrogen and oxygen atoms in total. The number of amides is 1. The van der Waals surface area contributed by atoms with Crippen LogP contribution in [0, 0.1) is 0 Å². The summed E-state index contributed by atoms with van der Waals surface area (Å²) in [5.41, 5.74) is 1.08. The predicted molar refractivity (Wildman–Crippen MR) is 120 cm³/mol. The minimum absolute atomic E-state index is 0.204. The molecule has 30 heavy (non-hydrogen) atoms. The van der Waals surface area contributed by atoms with Crippen molar-refractivity contribution in [2.24, 2.45) is 0 Å². The summed E-state index contributed by atoms with van der Waals surface area (Å²) in [6, 6.07) is 4.60. The van der Waals surface area contributed by atoms with E-state index in [0.29, 0.717) is 40.6 Å². The first-order valence-corrected chi connectivity index (χ1v) is 14.1. The summed E-state index contributed by atoms with van der Waals surface area (Å²) < 4.78 is 7.72. The van der Waals surface area contributed by atoms with Gasteiger partial charge in [0.2, 0.25) is 5.91 Å². The summed E-state index contributed by atoms with van der Waals surface area (Å²) in [4.78, 5) is 36.6. The van der Waals surface area contributed by atoms with Gasteiger partial charge >= 0.3 is 0 Å². The molecule has 3 rings (SSSR count). The van der Waals surface area contributed by atoms with E-state index in [4.69, 9.17) is 4.74 Å². The normalized spacial score (nSPS) is 11.5. The Bertz CT molecular complexity index is 1040. The molecule has 1 amide bonds. The summed E-state index contributed by atoms with van der Waals surface area (Å²) in [7, 11) is -1.16. The maximum Gasteiger partial charge on any atom is 0.222 e. The molecule has 3 aromatic heterocycles. The quantitative estimate of drug-likeness (QED) is 0.303. The molecule has 0 saturated carbocycles. The highest BCUT2D eigenvalue weighted by Gasteiger charge is 2.19. The molecule has 0 aliphatic rings. The van der Waals surface area contributed by atoms with Gasteiger partial charge in [0, 0.05) is 45.8 Å². The summed E-state index contributed by atoms with van der Waals surface area (Å²) in [6.45, 7) is 9.42. The molecule has 3 aromatic rings. The lowest BCUT2D eigenvalue weighted by atomic mass is 10.2. The van der Waals surface area contributed by atoms with Crippen molar-refractivity contribution in [3.05, 3.63) is 36.4 Å². The van der Waals surface area contributed by atoms with Gasteiger partial charge in [0.15, 0.2) is 12.1 Å². The topological polar surface area (TPSA) is 99.0 Å². The molecule has 0 spiro atoms. The van der Waals surface area contributed by atoms with E-state index in [9.17, 15) is 9.59 Å².